The second kappa shape index (κ2) is 16.7. The molecule has 3 aliphatic heterocycles. The van der Waals surface area contributed by atoms with Gasteiger partial charge in [-0.2, -0.15) is 15.5 Å². The number of anilines is 3. The van der Waals surface area contributed by atoms with E-state index in [4.69, 9.17) is 32.4 Å². The number of rotatable bonds is 10. The van der Waals surface area contributed by atoms with Crippen molar-refractivity contribution in [1.82, 2.24) is 39.6 Å². The van der Waals surface area contributed by atoms with Crippen molar-refractivity contribution in [2.45, 2.75) is 89.8 Å². The number of hydrogen-bond donors (Lipinski definition) is 3. The first-order valence-electron chi connectivity index (χ1n) is 21.0. The molecule has 0 aliphatic carbocycles. The van der Waals surface area contributed by atoms with Crippen LogP contribution in [0.5, 0.6) is 0 Å². The Morgan fingerprint density at radius 3 is 2.35 bits per heavy atom. The fraction of sp³-hybridized carbons (Fsp3) is 0.477. The van der Waals surface area contributed by atoms with Crippen LogP contribution in [0.25, 0.3) is 28.0 Å². The number of amides is 2. The number of aromatic nitrogens is 6. The van der Waals surface area contributed by atoms with Crippen LogP contribution in [0.15, 0.2) is 61.3 Å². The molecule has 4 N–H and O–H groups in total. The molecule has 314 valence electrons. The van der Waals surface area contributed by atoms with Gasteiger partial charge < -0.3 is 30.9 Å². The number of carbonyl (C=O) groups excluding carboxylic acids is 2. The number of nitrogens with zero attached hydrogens (tertiary/aromatic N) is 10. The third-order valence-corrected chi connectivity index (χ3v) is 13.1. The van der Waals surface area contributed by atoms with Gasteiger partial charge in [0.1, 0.15) is 23.0 Å². The smallest absolute Gasteiger partial charge is 0.226 e. The summed E-state index contributed by atoms with van der Waals surface area (Å²) in [4.78, 5) is 42.7. The van der Waals surface area contributed by atoms with Gasteiger partial charge in [-0.1, -0.05) is 18.5 Å². The average molecular weight is 833 g/mol. The molecule has 3 fully saturated rings. The Morgan fingerprint density at radius 2 is 1.70 bits per heavy atom. The topological polar surface area (TPSA) is 187 Å². The lowest BCUT2D eigenvalue weighted by Gasteiger charge is -2.41. The highest BCUT2D eigenvalue weighted by molar-refractivity contribution is 6.33. The number of likely N-dealkylation sites (tertiary alicyclic amines) is 1. The van der Waals surface area contributed by atoms with E-state index in [1.165, 1.54) is 0 Å². The minimum atomic E-state index is -1.06. The summed E-state index contributed by atoms with van der Waals surface area (Å²) >= 11 is 6.43. The summed E-state index contributed by atoms with van der Waals surface area (Å²) in [7, 11) is 0. The number of halogens is 1. The standard InChI is InChI=1S/C44H53ClN12O3/c1-4-43(42(59)51-29(2)3)11-17-54(18-12-43)38-8-5-30(24-48-38)40-41-31(23-46)25-50-57(41)28-36(52-40)32-26-49-56(27-32)34-9-15-55(16-10-34)39(58)22-44(60)13-19-53(20-14-44)37-7-6-33(47)21-35(37)45/h5-8,21,24-29,34,60H,4,9-20,22,47H2,1-3H3,(H,51,59). The molecule has 4 aromatic heterocycles. The average Bonchev–Trinajstić information content (AvgIpc) is 3.92. The van der Waals surface area contributed by atoms with Crippen LogP contribution in [0.4, 0.5) is 17.2 Å². The van der Waals surface area contributed by atoms with Crippen molar-refractivity contribution in [2.75, 3.05) is 54.8 Å². The molecule has 3 saturated heterocycles. The van der Waals surface area contributed by atoms with Crippen molar-refractivity contribution in [1.29, 1.82) is 5.26 Å². The second-order valence-electron chi connectivity index (χ2n) is 17.0. The first kappa shape index (κ1) is 41.0. The molecule has 2 amide bonds. The predicted molar refractivity (Wildman–Crippen MR) is 231 cm³/mol. The van der Waals surface area contributed by atoms with Gasteiger partial charge in [0.2, 0.25) is 11.8 Å². The molecule has 0 saturated carbocycles. The van der Waals surface area contributed by atoms with Gasteiger partial charge in [-0.15, -0.1) is 0 Å². The molecule has 0 spiro atoms. The summed E-state index contributed by atoms with van der Waals surface area (Å²) in [6.07, 6.45) is 13.8. The third kappa shape index (κ3) is 8.23. The van der Waals surface area contributed by atoms with Crippen molar-refractivity contribution in [3.8, 4) is 28.6 Å². The molecule has 60 heavy (non-hydrogen) atoms. The molecule has 3 aliphatic rings. The molecule has 0 unspecified atom stereocenters. The maximum absolute atomic E-state index is 13.4. The van der Waals surface area contributed by atoms with E-state index >= 15 is 0 Å². The monoisotopic (exact) mass is 832 g/mol. The predicted octanol–water partition coefficient (Wildman–Crippen LogP) is 5.87. The van der Waals surface area contributed by atoms with Crippen molar-refractivity contribution in [3.63, 3.8) is 0 Å². The van der Waals surface area contributed by atoms with Gasteiger partial charge in [0.25, 0.3) is 0 Å². The van der Waals surface area contributed by atoms with E-state index in [0.29, 0.717) is 72.2 Å². The van der Waals surface area contributed by atoms with Gasteiger partial charge in [-0.05, 0) is 89.1 Å². The van der Waals surface area contributed by atoms with E-state index < -0.39 is 5.60 Å². The van der Waals surface area contributed by atoms with Crippen molar-refractivity contribution in [2.24, 2.45) is 5.41 Å². The fourth-order valence-corrected chi connectivity index (χ4v) is 9.34. The number of nitriles is 1. The van der Waals surface area contributed by atoms with Gasteiger partial charge in [0.15, 0.2) is 0 Å². The van der Waals surface area contributed by atoms with Crippen LogP contribution >= 0.6 is 11.6 Å². The minimum Gasteiger partial charge on any atom is -0.399 e. The summed E-state index contributed by atoms with van der Waals surface area (Å²) < 4.78 is 3.64. The number of aliphatic hydroxyl groups is 1. The summed E-state index contributed by atoms with van der Waals surface area (Å²) in [5, 5.41) is 34.3. The highest BCUT2D eigenvalue weighted by atomic mass is 35.5. The number of pyridine rings is 1. The van der Waals surface area contributed by atoms with Crippen molar-refractivity contribution < 1.29 is 14.7 Å². The maximum atomic E-state index is 13.4. The number of hydrogen-bond acceptors (Lipinski definition) is 11. The molecule has 0 bridgehead atoms. The van der Waals surface area contributed by atoms with E-state index in [2.05, 4.69) is 33.2 Å². The summed E-state index contributed by atoms with van der Waals surface area (Å²) in [6.45, 7) is 9.90. The Morgan fingerprint density at radius 1 is 0.967 bits per heavy atom. The van der Waals surface area contributed by atoms with Crippen LogP contribution in [0.2, 0.25) is 5.02 Å². The van der Waals surface area contributed by atoms with Gasteiger partial charge in [-0.25, -0.2) is 14.5 Å². The number of carbonyl (C=O) groups is 2. The normalized spacial score (nSPS) is 18.2. The maximum Gasteiger partial charge on any atom is 0.226 e. The van der Waals surface area contributed by atoms with Crippen LogP contribution in [0, 0.1) is 16.7 Å². The molecule has 0 radical (unpaired) electrons. The molecular weight excluding hydrogens is 780 g/mol. The molecule has 16 heteroatoms. The van der Waals surface area contributed by atoms with E-state index in [1.54, 1.807) is 29.2 Å². The number of nitrogen functional groups attached to an aromatic ring is 1. The molecule has 1 aromatic carbocycles. The molecule has 5 aromatic rings. The Labute approximate surface area is 355 Å². The number of benzene rings is 1. The molecule has 7 heterocycles. The lowest BCUT2D eigenvalue weighted by Crippen LogP contribution is -2.50. The first-order chi connectivity index (χ1) is 28.9. The number of piperidine rings is 3. The van der Waals surface area contributed by atoms with E-state index in [0.717, 1.165) is 67.8 Å². The van der Waals surface area contributed by atoms with E-state index in [1.807, 2.05) is 60.1 Å². The minimum absolute atomic E-state index is 0.0276. The van der Waals surface area contributed by atoms with Crippen LogP contribution in [-0.4, -0.2) is 102 Å². The lowest BCUT2D eigenvalue weighted by atomic mass is 9.75. The molecule has 8 rings (SSSR count). The van der Waals surface area contributed by atoms with Gasteiger partial charge in [-0.3, -0.25) is 14.3 Å². The summed E-state index contributed by atoms with van der Waals surface area (Å²) in [6, 6.07) is 11.9. The number of nitrogens with one attached hydrogen (secondary N) is 1. The quantitative estimate of drug-likeness (QED) is 0.143. The van der Waals surface area contributed by atoms with Crippen LogP contribution in [-0.2, 0) is 9.59 Å². The Bertz CT molecular complexity index is 2400. The number of fused-ring (bicyclic) bond motifs is 1. The molecule has 15 nitrogen and oxygen atoms in total. The highest BCUT2D eigenvalue weighted by Crippen LogP contribution is 2.38. The van der Waals surface area contributed by atoms with Crippen molar-refractivity contribution >= 4 is 46.1 Å². The zero-order chi connectivity index (χ0) is 42.2. The van der Waals surface area contributed by atoms with Gasteiger partial charge >= 0.3 is 0 Å². The number of nitrogens with two attached hydrogens (primary N) is 1. The Kier molecular flexibility index (Phi) is 11.4. The Balaban J connectivity index is 0.911. The zero-order valence-corrected chi connectivity index (χ0v) is 35.3. The highest BCUT2D eigenvalue weighted by Gasteiger charge is 2.40. The zero-order valence-electron chi connectivity index (χ0n) is 34.5. The van der Waals surface area contributed by atoms with E-state index in [-0.39, 0.29) is 35.7 Å². The fourth-order valence-electron chi connectivity index (χ4n) is 9.03. The summed E-state index contributed by atoms with van der Waals surface area (Å²) in [5.41, 5.74) is 9.75. The van der Waals surface area contributed by atoms with Crippen LogP contribution in [0.1, 0.15) is 83.7 Å². The van der Waals surface area contributed by atoms with Crippen molar-refractivity contribution in [3.05, 3.63) is 71.9 Å². The van der Waals surface area contributed by atoms with Crippen LogP contribution in [0.3, 0.4) is 0 Å². The summed E-state index contributed by atoms with van der Waals surface area (Å²) in [5.74, 6) is 0.942. The van der Waals surface area contributed by atoms with E-state index in [9.17, 15) is 20.0 Å². The van der Waals surface area contributed by atoms with Crippen LogP contribution < -0.4 is 20.9 Å². The molecular formula is C44H53ClN12O3. The molecule has 0 atom stereocenters. The SMILES string of the molecule is CCC1(C(=O)NC(C)C)CCN(c2ccc(-c3nc(-c4cnn(C5CCN(C(=O)CC6(O)CCN(c7ccc(N)cc7Cl)CC6)CC5)c4)cn4ncc(C#N)c34)cn2)CC1. The lowest BCUT2D eigenvalue weighted by molar-refractivity contribution is -0.138. The Hall–Kier alpha value is -5.72. The third-order valence-electron chi connectivity index (χ3n) is 12.8. The van der Waals surface area contributed by atoms with Gasteiger partial charge in [0, 0.05) is 74.5 Å². The first-order valence-corrected chi connectivity index (χ1v) is 21.4. The second-order valence-corrected chi connectivity index (χ2v) is 17.4. The largest absolute Gasteiger partial charge is 0.399 e. The van der Waals surface area contributed by atoms with Gasteiger partial charge in [0.05, 0.1) is 64.2 Å².